The SMILES string of the molecule is Cc1ccc(NC(=O)[C@H]2CC(=O)N(c3ccc4oc(C)nc4c3)C2)c(C)c1. The van der Waals surface area contributed by atoms with Crippen LogP contribution in [0.15, 0.2) is 40.8 Å². The Hall–Kier alpha value is -3.15. The molecule has 2 heterocycles. The van der Waals surface area contributed by atoms with Crippen molar-refractivity contribution in [1.82, 2.24) is 4.98 Å². The summed E-state index contributed by atoms with van der Waals surface area (Å²) in [5, 5.41) is 2.96. The van der Waals surface area contributed by atoms with E-state index < -0.39 is 0 Å². The van der Waals surface area contributed by atoms with Gasteiger partial charge in [0.05, 0.1) is 5.92 Å². The third-order valence-electron chi connectivity index (χ3n) is 4.93. The molecule has 1 N–H and O–H groups in total. The molecule has 0 radical (unpaired) electrons. The van der Waals surface area contributed by atoms with Crippen molar-refractivity contribution in [3.05, 3.63) is 53.4 Å². The van der Waals surface area contributed by atoms with Crippen LogP contribution in [0.25, 0.3) is 11.1 Å². The van der Waals surface area contributed by atoms with Crippen LogP contribution in [-0.2, 0) is 9.59 Å². The number of benzene rings is 2. The number of rotatable bonds is 3. The molecule has 138 valence electrons. The van der Waals surface area contributed by atoms with Crippen LogP contribution in [0.1, 0.15) is 23.4 Å². The maximum absolute atomic E-state index is 12.7. The van der Waals surface area contributed by atoms with Crippen molar-refractivity contribution in [2.75, 3.05) is 16.8 Å². The maximum Gasteiger partial charge on any atom is 0.229 e. The zero-order valence-corrected chi connectivity index (χ0v) is 15.6. The summed E-state index contributed by atoms with van der Waals surface area (Å²) in [5.74, 6) is 0.0140. The molecule has 6 heteroatoms. The number of oxazole rings is 1. The molecular weight excluding hydrogens is 342 g/mol. The molecule has 27 heavy (non-hydrogen) atoms. The van der Waals surface area contributed by atoms with Crippen LogP contribution in [0.4, 0.5) is 11.4 Å². The summed E-state index contributed by atoms with van der Waals surface area (Å²) in [6, 6.07) is 11.4. The van der Waals surface area contributed by atoms with E-state index in [1.165, 1.54) is 0 Å². The molecule has 1 aromatic heterocycles. The van der Waals surface area contributed by atoms with Gasteiger partial charge in [-0.2, -0.15) is 0 Å². The average molecular weight is 363 g/mol. The van der Waals surface area contributed by atoms with E-state index in [9.17, 15) is 9.59 Å². The summed E-state index contributed by atoms with van der Waals surface area (Å²) in [6.45, 7) is 6.12. The summed E-state index contributed by atoms with van der Waals surface area (Å²) < 4.78 is 5.48. The first-order chi connectivity index (χ1) is 12.9. The molecule has 0 spiro atoms. The lowest BCUT2D eigenvalue weighted by atomic mass is 10.1. The van der Waals surface area contributed by atoms with Gasteiger partial charge in [-0.1, -0.05) is 17.7 Å². The topological polar surface area (TPSA) is 75.4 Å². The number of anilines is 2. The van der Waals surface area contributed by atoms with Crippen LogP contribution < -0.4 is 10.2 Å². The van der Waals surface area contributed by atoms with Crippen LogP contribution >= 0.6 is 0 Å². The Kier molecular flexibility index (Phi) is 4.18. The third kappa shape index (κ3) is 3.30. The number of carbonyl (C=O) groups excluding carboxylic acids is 2. The predicted octanol–water partition coefficient (Wildman–Crippen LogP) is 3.74. The fourth-order valence-corrected chi connectivity index (χ4v) is 3.52. The molecule has 0 aliphatic carbocycles. The van der Waals surface area contributed by atoms with Crippen molar-refractivity contribution in [2.24, 2.45) is 5.92 Å². The van der Waals surface area contributed by atoms with Gasteiger partial charge >= 0.3 is 0 Å². The highest BCUT2D eigenvalue weighted by Gasteiger charge is 2.35. The van der Waals surface area contributed by atoms with Gasteiger partial charge in [0, 0.05) is 31.3 Å². The smallest absolute Gasteiger partial charge is 0.229 e. The van der Waals surface area contributed by atoms with Gasteiger partial charge in [0.15, 0.2) is 11.5 Å². The minimum Gasteiger partial charge on any atom is -0.441 e. The van der Waals surface area contributed by atoms with Gasteiger partial charge in [0.2, 0.25) is 11.8 Å². The lowest BCUT2D eigenvalue weighted by molar-refractivity contribution is -0.122. The van der Waals surface area contributed by atoms with Crippen molar-refractivity contribution in [2.45, 2.75) is 27.2 Å². The van der Waals surface area contributed by atoms with E-state index in [1.54, 1.807) is 17.9 Å². The molecule has 0 unspecified atom stereocenters. The van der Waals surface area contributed by atoms with E-state index in [-0.39, 0.29) is 24.2 Å². The Morgan fingerprint density at radius 2 is 2.00 bits per heavy atom. The molecule has 3 aromatic rings. The Morgan fingerprint density at radius 1 is 1.19 bits per heavy atom. The predicted molar refractivity (Wildman–Crippen MR) is 104 cm³/mol. The monoisotopic (exact) mass is 363 g/mol. The molecule has 0 saturated carbocycles. The minimum atomic E-state index is -0.382. The summed E-state index contributed by atoms with van der Waals surface area (Å²) in [5.41, 5.74) is 5.08. The molecular formula is C21H21N3O3. The zero-order valence-electron chi connectivity index (χ0n) is 15.6. The highest BCUT2D eigenvalue weighted by molar-refractivity contribution is 6.04. The number of hydrogen-bond acceptors (Lipinski definition) is 4. The highest BCUT2D eigenvalue weighted by atomic mass is 16.3. The molecule has 6 nitrogen and oxygen atoms in total. The van der Waals surface area contributed by atoms with E-state index >= 15 is 0 Å². The molecule has 1 aliphatic rings. The molecule has 1 saturated heterocycles. The molecule has 1 atom stereocenters. The van der Waals surface area contributed by atoms with Gasteiger partial charge in [0.1, 0.15) is 5.52 Å². The normalized spacial score (nSPS) is 16.9. The van der Waals surface area contributed by atoms with Gasteiger partial charge < -0.3 is 14.6 Å². The van der Waals surface area contributed by atoms with Gasteiger partial charge in [0.25, 0.3) is 0 Å². The van der Waals surface area contributed by atoms with E-state index in [1.807, 2.05) is 44.2 Å². The van der Waals surface area contributed by atoms with Crippen LogP contribution in [0.5, 0.6) is 0 Å². The first-order valence-corrected chi connectivity index (χ1v) is 8.96. The van der Waals surface area contributed by atoms with Crippen LogP contribution in [0.3, 0.4) is 0 Å². The number of nitrogens with one attached hydrogen (secondary N) is 1. The average Bonchev–Trinajstić information content (AvgIpc) is 3.18. The van der Waals surface area contributed by atoms with Crippen LogP contribution in [-0.4, -0.2) is 23.3 Å². The van der Waals surface area contributed by atoms with E-state index in [2.05, 4.69) is 10.3 Å². The number of aromatic nitrogens is 1. The van der Waals surface area contributed by atoms with Crippen LogP contribution in [0, 0.1) is 26.7 Å². The maximum atomic E-state index is 12.7. The summed E-state index contributed by atoms with van der Waals surface area (Å²) in [6.07, 6.45) is 0.201. The summed E-state index contributed by atoms with van der Waals surface area (Å²) in [7, 11) is 0. The number of fused-ring (bicyclic) bond motifs is 1. The van der Waals surface area contributed by atoms with Gasteiger partial charge in [-0.25, -0.2) is 4.98 Å². The van der Waals surface area contributed by atoms with Crippen molar-refractivity contribution in [3.8, 4) is 0 Å². The second-order valence-corrected chi connectivity index (χ2v) is 7.10. The highest BCUT2D eigenvalue weighted by Crippen LogP contribution is 2.29. The summed E-state index contributed by atoms with van der Waals surface area (Å²) >= 11 is 0. The first-order valence-electron chi connectivity index (χ1n) is 8.96. The number of carbonyl (C=O) groups is 2. The quantitative estimate of drug-likeness (QED) is 0.769. The second kappa shape index (κ2) is 6.54. The lowest BCUT2D eigenvalue weighted by Crippen LogP contribution is -2.28. The lowest BCUT2D eigenvalue weighted by Gasteiger charge is -2.17. The van der Waals surface area contributed by atoms with E-state index in [4.69, 9.17) is 4.42 Å². The number of nitrogens with zero attached hydrogens (tertiary/aromatic N) is 2. The molecule has 2 amide bonds. The second-order valence-electron chi connectivity index (χ2n) is 7.10. The number of aryl methyl sites for hydroxylation is 3. The summed E-state index contributed by atoms with van der Waals surface area (Å²) in [4.78, 5) is 31.1. The van der Waals surface area contributed by atoms with Gasteiger partial charge in [-0.3, -0.25) is 9.59 Å². The van der Waals surface area contributed by atoms with Gasteiger partial charge in [-0.05, 0) is 43.7 Å². The Morgan fingerprint density at radius 3 is 2.78 bits per heavy atom. The Bertz CT molecular complexity index is 1050. The molecule has 1 fully saturated rings. The number of amides is 2. The molecule has 4 rings (SSSR count). The van der Waals surface area contributed by atoms with Crippen molar-refractivity contribution in [1.29, 1.82) is 0 Å². The molecule has 2 aromatic carbocycles. The van der Waals surface area contributed by atoms with Crippen molar-refractivity contribution in [3.63, 3.8) is 0 Å². The fourth-order valence-electron chi connectivity index (χ4n) is 3.52. The Balaban J connectivity index is 1.51. The standard InChI is InChI=1S/C21H21N3O3/c1-12-4-6-17(13(2)8-12)23-21(26)15-9-20(25)24(11-15)16-5-7-19-18(10-16)22-14(3)27-19/h4-8,10,15H,9,11H2,1-3H3,(H,23,26)/t15-/m0/s1. The first kappa shape index (κ1) is 17.3. The fraction of sp³-hybridized carbons (Fsp3) is 0.286. The van der Waals surface area contributed by atoms with Crippen LogP contribution in [0.2, 0.25) is 0 Å². The Labute approximate surface area is 157 Å². The third-order valence-corrected chi connectivity index (χ3v) is 4.93. The van der Waals surface area contributed by atoms with E-state index in [0.29, 0.717) is 23.5 Å². The largest absolute Gasteiger partial charge is 0.441 e. The van der Waals surface area contributed by atoms with E-state index in [0.717, 1.165) is 22.5 Å². The number of hydrogen-bond donors (Lipinski definition) is 1. The zero-order chi connectivity index (χ0) is 19.1. The molecule has 0 bridgehead atoms. The minimum absolute atomic E-state index is 0.0599. The molecule has 1 aliphatic heterocycles. The van der Waals surface area contributed by atoms with Gasteiger partial charge in [-0.15, -0.1) is 0 Å². The van der Waals surface area contributed by atoms with Crippen molar-refractivity contribution < 1.29 is 14.0 Å². The van der Waals surface area contributed by atoms with Crippen molar-refractivity contribution >= 4 is 34.3 Å².